The van der Waals surface area contributed by atoms with Crippen LogP contribution >= 0.6 is 23.2 Å². The number of hydrogen-bond acceptors (Lipinski definition) is 2. The van der Waals surface area contributed by atoms with E-state index >= 15 is 0 Å². The van der Waals surface area contributed by atoms with Gasteiger partial charge in [-0.2, -0.15) is 0 Å². The van der Waals surface area contributed by atoms with Crippen LogP contribution in [0.1, 0.15) is 13.3 Å². The molecule has 0 saturated carbocycles. The summed E-state index contributed by atoms with van der Waals surface area (Å²) in [5, 5.41) is 4.15. The Labute approximate surface area is 111 Å². The molecule has 1 saturated heterocycles. The van der Waals surface area contributed by atoms with Gasteiger partial charge in [0.1, 0.15) is 5.82 Å². The minimum absolute atomic E-state index is 0.370. The van der Waals surface area contributed by atoms with E-state index in [-0.39, 0.29) is 0 Å². The Morgan fingerprint density at radius 1 is 1.35 bits per heavy atom. The van der Waals surface area contributed by atoms with Crippen LogP contribution in [0.3, 0.4) is 0 Å². The lowest BCUT2D eigenvalue weighted by molar-refractivity contribution is 0.584. The van der Waals surface area contributed by atoms with E-state index in [2.05, 4.69) is 17.1 Å². The maximum absolute atomic E-state index is 13.1. The van der Waals surface area contributed by atoms with E-state index in [0.717, 1.165) is 31.7 Å². The number of nitrogens with zero attached hydrogens (tertiary/aromatic N) is 1. The molecule has 0 amide bonds. The van der Waals surface area contributed by atoms with Crippen molar-refractivity contribution in [2.75, 3.05) is 24.5 Å². The van der Waals surface area contributed by atoms with E-state index < -0.39 is 5.82 Å². The van der Waals surface area contributed by atoms with Gasteiger partial charge >= 0.3 is 0 Å². The van der Waals surface area contributed by atoms with Crippen LogP contribution in [-0.2, 0) is 0 Å². The number of rotatable bonds is 1. The molecule has 1 aromatic carbocycles. The van der Waals surface area contributed by atoms with Crippen LogP contribution in [0.25, 0.3) is 0 Å². The Morgan fingerprint density at radius 2 is 2.00 bits per heavy atom. The van der Waals surface area contributed by atoms with Gasteiger partial charge in [0.2, 0.25) is 0 Å². The molecule has 2 nitrogen and oxygen atoms in total. The zero-order valence-electron chi connectivity index (χ0n) is 9.64. The molecule has 0 radical (unpaired) electrons. The molecule has 0 aromatic heterocycles. The van der Waals surface area contributed by atoms with Crippen LogP contribution in [0.4, 0.5) is 10.1 Å². The molecule has 1 aliphatic rings. The van der Waals surface area contributed by atoms with Crippen LogP contribution in [0, 0.1) is 5.82 Å². The molecular weight excluding hydrogens is 262 g/mol. The second-order valence-corrected chi connectivity index (χ2v) is 5.19. The highest BCUT2D eigenvalue weighted by Crippen LogP contribution is 2.35. The topological polar surface area (TPSA) is 15.3 Å². The first-order chi connectivity index (χ1) is 8.08. The maximum Gasteiger partial charge on any atom is 0.126 e. The number of halogens is 3. The first-order valence-electron chi connectivity index (χ1n) is 5.71. The summed E-state index contributed by atoms with van der Waals surface area (Å²) in [5.41, 5.74) is 0.741. The van der Waals surface area contributed by atoms with Gasteiger partial charge in [0.25, 0.3) is 0 Å². The smallest absolute Gasteiger partial charge is 0.126 e. The molecule has 1 heterocycles. The van der Waals surface area contributed by atoms with E-state index in [4.69, 9.17) is 23.2 Å². The molecule has 0 aliphatic carbocycles. The maximum atomic E-state index is 13.1. The average Bonchev–Trinajstić information content (AvgIpc) is 2.41. The number of nitrogens with one attached hydrogen (secondary N) is 1. The summed E-state index contributed by atoms with van der Waals surface area (Å²) in [6, 6.07) is 2.99. The fourth-order valence-corrected chi connectivity index (χ4v) is 2.84. The normalized spacial score (nSPS) is 21.4. The summed E-state index contributed by atoms with van der Waals surface area (Å²) in [4.78, 5) is 2.12. The lowest BCUT2D eigenvalue weighted by Crippen LogP contribution is -2.35. The third-order valence-corrected chi connectivity index (χ3v) is 3.47. The SMILES string of the molecule is CC1CN(c2c(Cl)cc(F)cc2Cl)CCCN1. The van der Waals surface area contributed by atoms with Crippen molar-refractivity contribution in [1.29, 1.82) is 0 Å². The van der Waals surface area contributed by atoms with Gasteiger partial charge in [-0.3, -0.25) is 0 Å². The number of anilines is 1. The van der Waals surface area contributed by atoms with Crippen LogP contribution in [0.5, 0.6) is 0 Å². The molecule has 1 aliphatic heterocycles. The number of hydrogen-bond donors (Lipinski definition) is 1. The molecule has 1 unspecified atom stereocenters. The minimum atomic E-state index is -0.398. The van der Waals surface area contributed by atoms with Gasteiger partial charge in [0.15, 0.2) is 0 Å². The fraction of sp³-hybridized carbons (Fsp3) is 0.500. The van der Waals surface area contributed by atoms with Crippen LogP contribution in [-0.4, -0.2) is 25.7 Å². The lowest BCUT2D eigenvalue weighted by Gasteiger charge is -2.26. The molecule has 2 rings (SSSR count). The predicted octanol–water partition coefficient (Wildman–Crippen LogP) is 3.32. The van der Waals surface area contributed by atoms with Crippen molar-refractivity contribution in [3.8, 4) is 0 Å². The highest BCUT2D eigenvalue weighted by Gasteiger charge is 2.19. The van der Waals surface area contributed by atoms with Crippen molar-refractivity contribution >= 4 is 28.9 Å². The molecule has 1 fully saturated rings. The fourth-order valence-electron chi connectivity index (χ4n) is 2.14. The second kappa shape index (κ2) is 5.42. The van der Waals surface area contributed by atoms with Crippen molar-refractivity contribution in [3.05, 3.63) is 28.0 Å². The molecule has 0 bridgehead atoms. The van der Waals surface area contributed by atoms with Gasteiger partial charge in [0, 0.05) is 19.1 Å². The molecule has 0 spiro atoms. The summed E-state index contributed by atoms with van der Waals surface area (Å²) >= 11 is 12.2. The Kier molecular flexibility index (Phi) is 4.13. The monoisotopic (exact) mass is 276 g/mol. The van der Waals surface area contributed by atoms with Gasteiger partial charge in [-0.15, -0.1) is 0 Å². The largest absolute Gasteiger partial charge is 0.368 e. The summed E-state index contributed by atoms with van der Waals surface area (Å²) in [7, 11) is 0. The molecule has 1 atom stereocenters. The Morgan fingerprint density at radius 3 is 2.65 bits per heavy atom. The van der Waals surface area contributed by atoms with Crippen molar-refractivity contribution in [3.63, 3.8) is 0 Å². The van der Waals surface area contributed by atoms with Crippen molar-refractivity contribution < 1.29 is 4.39 Å². The third-order valence-electron chi connectivity index (χ3n) is 2.89. The summed E-state index contributed by atoms with van der Waals surface area (Å²) in [6.45, 7) is 4.80. The third kappa shape index (κ3) is 3.03. The molecule has 1 aromatic rings. The van der Waals surface area contributed by atoms with Gasteiger partial charge in [-0.05, 0) is 32.0 Å². The van der Waals surface area contributed by atoms with Crippen molar-refractivity contribution in [2.24, 2.45) is 0 Å². The van der Waals surface area contributed by atoms with Crippen LogP contribution in [0.2, 0.25) is 10.0 Å². The van der Waals surface area contributed by atoms with Crippen molar-refractivity contribution in [2.45, 2.75) is 19.4 Å². The molecular formula is C12H15Cl2FN2. The van der Waals surface area contributed by atoms with Gasteiger partial charge in [0.05, 0.1) is 15.7 Å². The zero-order chi connectivity index (χ0) is 12.4. The van der Waals surface area contributed by atoms with E-state index in [9.17, 15) is 4.39 Å². The standard InChI is InChI=1S/C12H15Cl2FN2/c1-8-7-17(4-2-3-16-8)12-10(13)5-9(15)6-11(12)14/h5-6,8,16H,2-4,7H2,1H3. The lowest BCUT2D eigenvalue weighted by atomic mass is 10.2. The molecule has 94 valence electrons. The first kappa shape index (κ1) is 12.9. The minimum Gasteiger partial charge on any atom is -0.368 e. The molecule has 17 heavy (non-hydrogen) atoms. The molecule has 5 heteroatoms. The van der Waals surface area contributed by atoms with Gasteiger partial charge in [-0.25, -0.2) is 4.39 Å². The highest BCUT2D eigenvalue weighted by molar-refractivity contribution is 6.39. The van der Waals surface area contributed by atoms with Crippen LogP contribution < -0.4 is 10.2 Å². The van der Waals surface area contributed by atoms with E-state index in [0.29, 0.717) is 16.1 Å². The van der Waals surface area contributed by atoms with Crippen LogP contribution in [0.15, 0.2) is 12.1 Å². The highest BCUT2D eigenvalue weighted by atomic mass is 35.5. The first-order valence-corrected chi connectivity index (χ1v) is 6.46. The Balaban J connectivity index is 2.32. The molecule has 1 N–H and O–H groups in total. The van der Waals surface area contributed by atoms with Crippen molar-refractivity contribution in [1.82, 2.24) is 5.32 Å². The van der Waals surface area contributed by atoms with Gasteiger partial charge in [-0.1, -0.05) is 23.2 Å². The Bertz CT molecular complexity index is 388. The van der Waals surface area contributed by atoms with E-state index in [1.165, 1.54) is 12.1 Å². The van der Waals surface area contributed by atoms with E-state index in [1.807, 2.05) is 0 Å². The zero-order valence-corrected chi connectivity index (χ0v) is 11.2. The summed E-state index contributed by atoms with van der Waals surface area (Å²) < 4.78 is 13.1. The quantitative estimate of drug-likeness (QED) is 0.847. The predicted molar refractivity (Wildman–Crippen MR) is 70.7 cm³/mol. The Hall–Kier alpha value is -0.510. The second-order valence-electron chi connectivity index (χ2n) is 4.37. The summed E-state index contributed by atoms with van der Waals surface area (Å²) in [5.74, 6) is -0.398. The van der Waals surface area contributed by atoms with E-state index in [1.54, 1.807) is 0 Å². The number of benzene rings is 1. The summed E-state index contributed by atoms with van der Waals surface area (Å²) in [6.07, 6.45) is 1.02. The average molecular weight is 277 g/mol. The van der Waals surface area contributed by atoms with Gasteiger partial charge < -0.3 is 10.2 Å².